The molecule has 8 heteroatoms. The lowest BCUT2D eigenvalue weighted by molar-refractivity contribution is 0.0601. The van der Waals surface area contributed by atoms with Gasteiger partial charge in [0.2, 0.25) is 11.7 Å². The molecule has 0 N–H and O–H groups in total. The minimum absolute atomic E-state index is 0.0383. The molecular weight excluding hydrogens is 427 g/mol. The van der Waals surface area contributed by atoms with Crippen LogP contribution < -0.4 is 4.74 Å². The van der Waals surface area contributed by atoms with Crippen LogP contribution in [0.4, 0.5) is 0 Å². The lowest BCUT2D eigenvalue weighted by Crippen LogP contribution is -2.12. The molecule has 0 radical (unpaired) electrons. The van der Waals surface area contributed by atoms with Crippen LogP contribution in [0.2, 0.25) is 10.0 Å². The number of halogens is 2. The van der Waals surface area contributed by atoms with Crippen molar-refractivity contribution in [2.24, 2.45) is 0 Å². The van der Waals surface area contributed by atoms with Gasteiger partial charge in [0.05, 0.1) is 35.0 Å². The summed E-state index contributed by atoms with van der Waals surface area (Å²) >= 11 is 12.4. The lowest BCUT2D eigenvalue weighted by Gasteiger charge is -2.14. The Morgan fingerprint density at radius 2 is 1.77 bits per heavy atom. The van der Waals surface area contributed by atoms with Crippen LogP contribution >= 0.6 is 23.2 Å². The van der Waals surface area contributed by atoms with Crippen molar-refractivity contribution in [1.29, 1.82) is 0 Å². The van der Waals surface area contributed by atoms with Crippen LogP contribution in [-0.4, -0.2) is 28.6 Å². The second-order valence-electron chi connectivity index (χ2n) is 6.78. The Balaban J connectivity index is 2.01. The molecule has 30 heavy (non-hydrogen) atoms. The third-order valence-corrected chi connectivity index (χ3v) is 5.13. The highest BCUT2D eigenvalue weighted by Crippen LogP contribution is 2.33. The van der Waals surface area contributed by atoms with Crippen molar-refractivity contribution in [3.63, 3.8) is 0 Å². The van der Waals surface area contributed by atoms with Crippen molar-refractivity contribution in [1.82, 2.24) is 9.78 Å². The zero-order chi connectivity index (χ0) is 21.8. The summed E-state index contributed by atoms with van der Waals surface area (Å²) in [4.78, 5) is 25.3. The Morgan fingerprint density at radius 1 is 1.07 bits per heavy atom. The van der Waals surface area contributed by atoms with Crippen LogP contribution in [0.3, 0.4) is 0 Å². The van der Waals surface area contributed by atoms with Gasteiger partial charge in [-0.2, -0.15) is 5.10 Å². The number of hydrogen-bond acceptors (Lipinski definition) is 5. The SMILES string of the molecule is COC(=O)c1c(Cl)ccc(C(=O)c2cnn(C(C)C)c2OCc2ccccc2)c1Cl. The van der Waals surface area contributed by atoms with Gasteiger partial charge in [0.15, 0.2) is 0 Å². The van der Waals surface area contributed by atoms with Gasteiger partial charge < -0.3 is 9.47 Å². The minimum atomic E-state index is -0.724. The Labute approximate surface area is 184 Å². The van der Waals surface area contributed by atoms with E-state index in [0.717, 1.165) is 5.56 Å². The van der Waals surface area contributed by atoms with E-state index in [1.807, 2.05) is 44.2 Å². The molecule has 0 aliphatic rings. The monoisotopic (exact) mass is 446 g/mol. The highest BCUT2D eigenvalue weighted by Gasteiger charge is 2.27. The van der Waals surface area contributed by atoms with Gasteiger partial charge >= 0.3 is 5.97 Å². The van der Waals surface area contributed by atoms with Crippen LogP contribution in [0.5, 0.6) is 5.88 Å². The molecular formula is C22H20Cl2N2O4. The Bertz CT molecular complexity index is 1080. The number of rotatable bonds is 7. The van der Waals surface area contributed by atoms with Crippen molar-refractivity contribution in [3.05, 3.63) is 81.0 Å². The number of esters is 1. The maximum absolute atomic E-state index is 13.3. The molecule has 6 nitrogen and oxygen atoms in total. The summed E-state index contributed by atoms with van der Waals surface area (Å²) < 4.78 is 12.3. The van der Waals surface area contributed by atoms with Gasteiger partial charge in [-0.05, 0) is 31.5 Å². The molecule has 0 saturated heterocycles. The van der Waals surface area contributed by atoms with Gasteiger partial charge in [0.1, 0.15) is 12.2 Å². The predicted octanol–water partition coefficient (Wildman–Crippen LogP) is 5.37. The van der Waals surface area contributed by atoms with Gasteiger partial charge in [-0.25, -0.2) is 9.48 Å². The van der Waals surface area contributed by atoms with E-state index in [2.05, 4.69) is 5.10 Å². The average Bonchev–Trinajstić information content (AvgIpc) is 3.16. The number of methoxy groups -OCH3 is 1. The normalized spacial score (nSPS) is 10.9. The zero-order valence-corrected chi connectivity index (χ0v) is 18.2. The molecule has 0 unspecified atom stereocenters. The Kier molecular flexibility index (Phi) is 6.80. The molecule has 3 aromatic rings. The molecule has 3 rings (SSSR count). The van der Waals surface area contributed by atoms with Gasteiger partial charge in [-0.3, -0.25) is 4.79 Å². The quantitative estimate of drug-likeness (QED) is 0.360. The minimum Gasteiger partial charge on any atom is -0.472 e. The summed E-state index contributed by atoms with van der Waals surface area (Å²) in [7, 11) is 1.21. The largest absolute Gasteiger partial charge is 0.472 e. The second kappa shape index (κ2) is 9.32. The van der Waals surface area contributed by atoms with Crippen molar-refractivity contribution < 1.29 is 19.1 Å². The van der Waals surface area contributed by atoms with Crippen molar-refractivity contribution >= 4 is 35.0 Å². The van der Waals surface area contributed by atoms with Crippen LogP contribution in [-0.2, 0) is 11.3 Å². The molecule has 0 aliphatic carbocycles. The first-order chi connectivity index (χ1) is 14.3. The molecule has 0 fully saturated rings. The van der Waals surface area contributed by atoms with Crippen LogP contribution in [0.25, 0.3) is 0 Å². The van der Waals surface area contributed by atoms with E-state index in [1.165, 1.54) is 25.4 Å². The number of benzene rings is 2. The number of ether oxygens (including phenoxy) is 2. The number of aromatic nitrogens is 2. The van der Waals surface area contributed by atoms with Gasteiger partial charge in [-0.15, -0.1) is 0 Å². The maximum atomic E-state index is 13.3. The Morgan fingerprint density at radius 3 is 2.40 bits per heavy atom. The van der Waals surface area contributed by atoms with Gasteiger partial charge in [-0.1, -0.05) is 53.5 Å². The highest BCUT2D eigenvalue weighted by molar-refractivity contribution is 6.42. The van der Waals surface area contributed by atoms with E-state index in [4.69, 9.17) is 32.7 Å². The van der Waals surface area contributed by atoms with Crippen molar-refractivity contribution in [3.8, 4) is 5.88 Å². The number of nitrogens with zero attached hydrogens (tertiary/aromatic N) is 2. The molecule has 0 saturated carbocycles. The molecule has 2 aromatic carbocycles. The topological polar surface area (TPSA) is 70.4 Å². The summed E-state index contributed by atoms with van der Waals surface area (Å²) in [6.07, 6.45) is 1.44. The van der Waals surface area contributed by atoms with Gasteiger partial charge in [0.25, 0.3) is 0 Å². The second-order valence-corrected chi connectivity index (χ2v) is 7.57. The molecule has 0 amide bonds. The number of hydrogen-bond donors (Lipinski definition) is 0. The molecule has 156 valence electrons. The van der Waals surface area contributed by atoms with E-state index in [1.54, 1.807) is 4.68 Å². The number of carbonyl (C=O) groups excluding carboxylic acids is 2. The van der Waals surface area contributed by atoms with Gasteiger partial charge in [0, 0.05) is 5.56 Å². The lowest BCUT2D eigenvalue weighted by atomic mass is 10.0. The summed E-state index contributed by atoms with van der Waals surface area (Å²) in [6, 6.07) is 12.4. The van der Waals surface area contributed by atoms with Crippen molar-refractivity contribution in [2.45, 2.75) is 26.5 Å². The van der Waals surface area contributed by atoms with E-state index in [0.29, 0.717) is 5.88 Å². The molecule has 0 aliphatic heterocycles. The summed E-state index contributed by atoms with van der Waals surface area (Å²) in [5, 5.41) is 4.33. The standard InChI is InChI=1S/C22H20Cl2N2O4/c1-13(2)26-21(30-12-14-7-5-4-6-8-14)16(11-25-26)20(27)15-9-10-17(23)18(19(15)24)22(28)29-3/h4-11,13H,12H2,1-3H3. The summed E-state index contributed by atoms with van der Waals surface area (Å²) in [5.41, 5.74) is 1.23. The van der Waals surface area contributed by atoms with Crippen LogP contribution in [0, 0.1) is 0 Å². The van der Waals surface area contributed by atoms with Crippen LogP contribution in [0.15, 0.2) is 48.7 Å². The fourth-order valence-corrected chi connectivity index (χ4v) is 3.52. The number of carbonyl (C=O) groups is 2. The average molecular weight is 447 g/mol. The summed E-state index contributed by atoms with van der Waals surface area (Å²) in [5.74, 6) is -0.834. The molecule has 0 spiro atoms. The fraction of sp³-hybridized carbons (Fsp3) is 0.227. The highest BCUT2D eigenvalue weighted by atomic mass is 35.5. The maximum Gasteiger partial charge on any atom is 0.340 e. The first-order valence-corrected chi connectivity index (χ1v) is 9.96. The molecule has 0 atom stereocenters. The third-order valence-electron chi connectivity index (χ3n) is 4.43. The molecule has 1 aromatic heterocycles. The van der Waals surface area contributed by atoms with E-state index < -0.39 is 11.8 Å². The summed E-state index contributed by atoms with van der Waals surface area (Å²) in [6.45, 7) is 4.13. The molecule has 0 bridgehead atoms. The third kappa shape index (κ3) is 4.35. The number of ketones is 1. The van der Waals surface area contributed by atoms with Crippen molar-refractivity contribution in [2.75, 3.05) is 7.11 Å². The first-order valence-electron chi connectivity index (χ1n) is 9.20. The van der Waals surface area contributed by atoms with Crippen LogP contribution in [0.1, 0.15) is 51.7 Å². The van der Waals surface area contributed by atoms with E-state index in [9.17, 15) is 9.59 Å². The zero-order valence-electron chi connectivity index (χ0n) is 16.7. The predicted molar refractivity (Wildman–Crippen MR) is 115 cm³/mol. The fourth-order valence-electron chi connectivity index (χ4n) is 2.91. The van der Waals surface area contributed by atoms with E-state index in [-0.39, 0.29) is 39.4 Å². The first kappa shape index (κ1) is 21.9. The smallest absolute Gasteiger partial charge is 0.340 e. The van der Waals surface area contributed by atoms with E-state index >= 15 is 0 Å². The molecule has 1 heterocycles. The Hall–Kier alpha value is -2.83.